The molecule has 1 aromatic carbocycles. The first kappa shape index (κ1) is 25.4. The molecule has 1 unspecified atom stereocenters. The molecule has 0 aliphatic carbocycles. The maximum atomic E-state index is 13.3. The summed E-state index contributed by atoms with van der Waals surface area (Å²) < 4.78 is 39.8. The fourth-order valence-corrected chi connectivity index (χ4v) is 3.13. The summed E-state index contributed by atoms with van der Waals surface area (Å²) in [6, 6.07) is 5.46. The topological polar surface area (TPSA) is 24.4 Å². The van der Waals surface area contributed by atoms with Gasteiger partial charge in [-0.1, -0.05) is 70.0 Å². The van der Waals surface area contributed by atoms with E-state index in [4.69, 9.17) is 4.99 Å². The van der Waals surface area contributed by atoms with E-state index in [9.17, 15) is 13.2 Å². The summed E-state index contributed by atoms with van der Waals surface area (Å²) >= 11 is 0. The Bertz CT molecular complexity index is 944. The highest BCUT2D eigenvalue weighted by Crippen LogP contribution is 2.32. The molecule has 1 aliphatic rings. The number of halogens is 3. The van der Waals surface area contributed by atoms with Gasteiger partial charge in [0.1, 0.15) is 5.82 Å². The fourth-order valence-electron chi connectivity index (χ4n) is 3.13. The summed E-state index contributed by atoms with van der Waals surface area (Å²) in [6.45, 7) is 8.29. The number of benzene rings is 1. The van der Waals surface area contributed by atoms with Gasteiger partial charge in [0.2, 0.25) is 0 Å². The minimum absolute atomic E-state index is 0.533. The molecule has 32 heavy (non-hydrogen) atoms. The highest BCUT2D eigenvalue weighted by atomic mass is 19.4. The third kappa shape index (κ3) is 7.70. The second-order valence-electron chi connectivity index (χ2n) is 8.01. The summed E-state index contributed by atoms with van der Waals surface area (Å²) in [4.78, 5) is 4.71. The van der Waals surface area contributed by atoms with E-state index in [0.717, 1.165) is 42.9 Å². The number of alkyl halides is 3. The van der Waals surface area contributed by atoms with E-state index in [1.54, 1.807) is 6.07 Å². The van der Waals surface area contributed by atoms with Crippen LogP contribution < -0.4 is 5.32 Å². The molecular weight excluding hydrogens is 409 g/mol. The highest BCUT2D eigenvalue weighted by molar-refractivity contribution is 6.15. The Hall–Kier alpha value is -2.82. The standard InChI is InChI=1S/C27H33F3N2/c1-5-7-8-9-16-26-31-18-17-25(32-26)24(15-10-12-20(3)6-2)21(4)22-13-11-14-23(19-22)27(28,29)30/h8-11,13-20,31H,5-7,12H2,1-4H3/b9-8+,15-10-,24-21-,26-16+. The van der Waals surface area contributed by atoms with E-state index in [1.165, 1.54) is 12.1 Å². The Balaban J connectivity index is 2.50. The molecular formula is C27H33F3N2. The highest BCUT2D eigenvalue weighted by Gasteiger charge is 2.30. The van der Waals surface area contributed by atoms with Crippen LogP contribution in [0.1, 0.15) is 64.5 Å². The van der Waals surface area contributed by atoms with Crippen molar-refractivity contribution >= 4 is 11.3 Å². The third-order valence-corrected chi connectivity index (χ3v) is 5.38. The van der Waals surface area contributed by atoms with Crippen LogP contribution in [0, 0.1) is 5.92 Å². The zero-order chi connectivity index (χ0) is 23.6. The van der Waals surface area contributed by atoms with E-state index < -0.39 is 11.7 Å². The number of nitrogens with one attached hydrogen (secondary N) is 1. The molecule has 0 fully saturated rings. The van der Waals surface area contributed by atoms with Crippen molar-refractivity contribution in [2.24, 2.45) is 10.9 Å². The van der Waals surface area contributed by atoms with Gasteiger partial charge in [0, 0.05) is 11.8 Å². The predicted molar refractivity (Wildman–Crippen MR) is 129 cm³/mol. The van der Waals surface area contributed by atoms with Crippen LogP contribution in [0.25, 0.3) is 5.57 Å². The number of hydrogen-bond donors (Lipinski definition) is 1. The molecule has 0 bridgehead atoms. The van der Waals surface area contributed by atoms with Crippen LogP contribution in [0.4, 0.5) is 13.2 Å². The first-order valence-corrected chi connectivity index (χ1v) is 11.2. The number of rotatable bonds is 9. The Kier molecular flexibility index (Phi) is 9.76. The molecule has 1 aliphatic heterocycles. The van der Waals surface area contributed by atoms with Crippen LogP contribution in [0.15, 0.2) is 83.3 Å². The second kappa shape index (κ2) is 12.3. The summed E-state index contributed by atoms with van der Waals surface area (Å²) in [5, 5.41) is 3.12. The van der Waals surface area contributed by atoms with E-state index >= 15 is 0 Å². The van der Waals surface area contributed by atoms with Gasteiger partial charge in [-0.2, -0.15) is 13.2 Å². The zero-order valence-corrected chi connectivity index (χ0v) is 19.3. The van der Waals surface area contributed by atoms with Gasteiger partial charge >= 0.3 is 6.18 Å². The Morgan fingerprint density at radius 2 is 1.97 bits per heavy atom. The number of hydrogen-bond acceptors (Lipinski definition) is 2. The predicted octanol–water partition coefficient (Wildman–Crippen LogP) is 8.23. The number of nitrogens with zero attached hydrogens (tertiary/aromatic N) is 1. The van der Waals surface area contributed by atoms with Gasteiger partial charge in [-0.05, 0) is 61.1 Å². The van der Waals surface area contributed by atoms with Gasteiger partial charge in [-0.25, -0.2) is 4.99 Å². The number of aliphatic imine (C=N–C) groups is 1. The number of allylic oxidation sites excluding steroid dienone is 8. The minimum Gasteiger partial charge on any atom is -0.347 e. The van der Waals surface area contributed by atoms with Crippen molar-refractivity contribution in [1.82, 2.24) is 5.32 Å². The normalized spacial score (nSPS) is 17.6. The summed E-state index contributed by atoms with van der Waals surface area (Å²) in [7, 11) is 0. The summed E-state index contributed by atoms with van der Waals surface area (Å²) in [6.07, 6.45) is 13.3. The minimum atomic E-state index is -4.38. The lowest BCUT2D eigenvalue weighted by molar-refractivity contribution is -0.137. The molecule has 1 atom stereocenters. The lowest BCUT2D eigenvalue weighted by atomic mass is 9.94. The van der Waals surface area contributed by atoms with Crippen molar-refractivity contribution in [3.63, 3.8) is 0 Å². The van der Waals surface area contributed by atoms with Gasteiger partial charge < -0.3 is 5.32 Å². The molecule has 1 aromatic rings. The third-order valence-electron chi connectivity index (χ3n) is 5.38. The molecule has 0 radical (unpaired) electrons. The molecule has 1 heterocycles. The smallest absolute Gasteiger partial charge is 0.347 e. The molecule has 0 saturated heterocycles. The maximum Gasteiger partial charge on any atom is 0.416 e. The second-order valence-corrected chi connectivity index (χ2v) is 8.01. The monoisotopic (exact) mass is 442 g/mol. The van der Waals surface area contributed by atoms with Crippen molar-refractivity contribution in [2.75, 3.05) is 0 Å². The van der Waals surface area contributed by atoms with Crippen LogP contribution >= 0.6 is 0 Å². The van der Waals surface area contributed by atoms with Crippen molar-refractivity contribution < 1.29 is 13.2 Å². The van der Waals surface area contributed by atoms with Crippen LogP contribution in [0.2, 0.25) is 0 Å². The number of unbranched alkanes of at least 4 members (excludes halogenated alkanes) is 1. The lowest BCUT2D eigenvalue weighted by Gasteiger charge is -2.16. The first-order valence-electron chi connectivity index (χ1n) is 11.2. The molecule has 0 amide bonds. The molecule has 2 rings (SSSR count). The quantitative estimate of drug-likeness (QED) is 0.383. The zero-order valence-electron chi connectivity index (χ0n) is 19.3. The van der Waals surface area contributed by atoms with Gasteiger partial charge in [0.15, 0.2) is 0 Å². The van der Waals surface area contributed by atoms with Crippen LogP contribution in [0.3, 0.4) is 0 Å². The molecule has 0 saturated carbocycles. The Morgan fingerprint density at radius 3 is 2.66 bits per heavy atom. The average molecular weight is 443 g/mol. The van der Waals surface area contributed by atoms with Crippen molar-refractivity contribution in [1.29, 1.82) is 0 Å². The molecule has 0 spiro atoms. The Labute approximate surface area is 190 Å². The molecule has 2 nitrogen and oxygen atoms in total. The largest absolute Gasteiger partial charge is 0.416 e. The van der Waals surface area contributed by atoms with E-state index in [2.05, 4.69) is 38.2 Å². The van der Waals surface area contributed by atoms with Crippen molar-refractivity contribution in [2.45, 2.75) is 59.6 Å². The molecule has 1 N–H and O–H groups in total. The van der Waals surface area contributed by atoms with Crippen LogP contribution in [-0.2, 0) is 6.18 Å². The van der Waals surface area contributed by atoms with Crippen LogP contribution in [0.5, 0.6) is 0 Å². The fraction of sp³-hybridized carbons (Fsp3) is 0.370. The van der Waals surface area contributed by atoms with Gasteiger partial charge in [0.05, 0.1) is 11.3 Å². The van der Waals surface area contributed by atoms with Crippen LogP contribution in [-0.4, -0.2) is 5.71 Å². The molecule has 5 heteroatoms. The van der Waals surface area contributed by atoms with Crippen molar-refractivity contribution in [3.8, 4) is 0 Å². The van der Waals surface area contributed by atoms with E-state index in [1.807, 2.05) is 37.4 Å². The van der Waals surface area contributed by atoms with E-state index in [-0.39, 0.29) is 0 Å². The van der Waals surface area contributed by atoms with Gasteiger partial charge in [0.25, 0.3) is 0 Å². The summed E-state index contributed by atoms with van der Waals surface area (Å²) in [5.41, 5.74) is 2.17. The first-order chi connectivity index (χ1) is 15.3. The lowest BCUT2D eigenvalue weighted by Crippen LogP contribution is -2.13. The van der Waals surface area contributed by atoms with E-state index in [0.29, 0.717) is 23.0 Å². The molecule has 0 aromatic heterocycles. The SMILES string of the molecule is CCC/C=C/C=C1N=C(C(/C=C\CC(C)CC)=C(/C)c2cccc(C(F)(F)F)c2)C=CN/1. The maximum absolute atomic E-state index is 13.3. The summed E-state index contributed by atoms with van der Waals surface area (Å²) in [5.74, 6) is 1.23. The van der Waals surface area contributed by atoms with Crippen molar-refractivity contribution in [3.05, 3.63) is 89.4 Å². The van der Waals surface area contributed by atoms with Gasteiger partial charge in [-0.3, -0.25) is 0 Å². The van der Waals surface area contributed by atoms with Gasteiger partial charge in [-0.15, -0.1) is 0 Å². The molecule has 172 valence electrons. The average Bonchev–Trinajstić information content (AvgIpc) is 2.78. The Morgan fingerprint density at radius 1 is 1.19 bits per heavy atom.